The maximum atomic E-state index is 10.3. The first-order valence-electron chi connectivity index (χ1n) is 3.89. The van der Waals surface area contributed by atoms with Crippen molar-refractivity contribution in [1.82, 2.24) is 0 Å². The summed E-state index contributed by atoms with van der Waals surface area (Å²) in [6.07, 6.45) is 1.31. The van der Waals surface area contributed by atoms with E-state index in [1.165, 1.54) is 6.08 Å². The van der Waals surface area contributed by atoms with E-state index >= 15 is 0 Å². The van der Waals surface area contributed by atoms with Crippen molar-refractivity contribution in [2.75, 3.05) is 0 Å². The molecule has 0 atom stereocenters. The van der Waals surface area contributed by atoms with Crippen molar-refractivity contribution in [2.45, 2.75) is 27.7 Å². The summed E-state index contributed by atoms with van der Waals surface area (Å²) in [6.45, 7) is 8.03. The van der Waals surface area contributed by atoms with Crippen LogP contribution in [0.1, 0.15) is 27.7 Å². The van der Waals surface area contributed by atoms with Crippen molar-refractivity contribution in [2.24, 2.45) is 11.8 Å². The molecular formula is C9H16O2. The van der Waals surface area contributed by atoms with Crippen LogP contribution in [0.5, 0.6) is 0 Å². The molecule has 0 aromatic carbocycles. The van der Waals surface area contributed by atoms with Gasteiger partial charge in [0.25, 0.3) is 0 Å². The van der Waals surface area contributed by atoms with Crippen LogP contribution in [-0.4, -0.2) is 11.1 Å². The number of allylic oxidation sites excluding steroid dienone is 1. The summed E-state index contributed by atoms with van der Waals surface area (Å²) in [4.78, 5) is 10.3. The number of hydrogen-bond donors (Lipinski definition) is 1. The summed E-state index contributed by atoms with van der Waals surface area (Å²) in [7, 11) is 0. The van der Waals surface area contributed by atoms with E-state index < -0.39 is 5.97 Å². The standard InChI is InChI=1S/C9H16O2/c1-6(2)8(7(3)4)5-9(10)11/h5-7H,1-4H3,(H,10,11). The first-order chi connectivity index (χ1) is 4.95. The lowest BCUT2D eigenvalue weighted by Crippen LogP contribution is -2.05. The molecule has 0 aromatic rings. The maximum Gasteiger partial charge on any atom is 0.328 e. The van der Waals surface area contributed by atoms with Gasteiger partial charge in [0, 0.05) is 6.08 Å². The minimum atomic E-state index is -0.845. The normalized spacial score (nSPS) is 10.4. The van der Waals surface area contributed by atoms with Gasteiger partial charge in [-0.2, -0.15) is 0 Å². The Morgan fingerprint density at radius 3 is 1.64 bits per heavy atom. The lowest BCUT2D eigenvalue weighted by molar-refractivity contribution is -0.131. The minimum Gasteiger partial charge on any atom is -0.478 e. The highest BCUT2D eigenvalue weighted by Crippen LogP contribution is 2.18. The first kappa shape index (κ1) is 10.2. The zero-order chi connectivity index (χ0) is 9.02. The summed E-state index contributed by atoms with van der Waals surface area (Å²) in [5.41, 5.74) is 0.998. The smallest absolute Gasteiger partial charge is 0.328 e. The van der Waals surface area contributed by atoms with E-state index in [1.54, 1.807) is 0 Å². The van der Waals surface area contributed by atoms with E-state index in [9.17, 15) is 4.79 Å². The van der Waals surface area contributed by atoms with Crippen LogP contribution < -0.4 is 0 Å². The molecule has 0 saturated heterocycles. The minimum absolute atomic E-state index is 0.325. The summed E-state index contributed by atoms with van der Waals surface area (Å²) in [6, 6.07) is 0. The van der Waals surface area contributed by atoms with Crippen molar-refractivity contribution in [3.05, 3.63) is 11.6 Å². The number of carbonyl (C=O) groups is 1. The van der Waals surface area contributed by atoms with Crippen LogP contribution in [0.3, 0.4) is 0 Å². The molecule has 0 heterocycles. The van der Waals surface area contributed by atoms with Gasteiger partial charge in [-0.1, -0.05) is 33.3 Å². The Balaban J connectivity index is 4.46. The van der Waals surface area contributed by atoms with Crippen molar-refractivity contribution in [1.29, 1.82) is 0 Å². The Hall–Kier alpha value is -0.790. The fraction of sp³-hybridized carbons (Fsp3) is 0.667. The van der Waals surface area contributed by atoms with Crippen LogP contribution in [0.25, 0.3) is 0 Å². The number of carboxylic acid groups (broad SMARTS) is 1. The van der Waals surface area contributed by atoms with Gasteiger partial charge in [-0.25, -0.2) is 4.79 Å². The van der Waals surface area contributed by atoms with Gasteiger partial charge in [0.1, 0.15) is 0 Å². The molecule has 0 aliphatic rings. The van der Waals surface area contributed by atoms with Crippen LogP contribution in [-0.2, 0) is 4.79 Å². The molecule has 0 spiro atoms. The number of carboxylic acids is 1. The summed E-state index contributed by atoms with van der Waals surface area (Å²) in [5.74, 6) is -0.195. The molecule has 0 rings (SSSR count). The van der Waals surface area contributed by atoms with Crippen molar-refractivity contribution in [3.8, 4) is 0 Å². The second kappa shape index (κ2) is 4.16. The molecule has 2 heteroatoms. The third-order valence-electron chi connectivity index (χ3n) is 1.62. The topological polar surface area (TPSA) is 37.3 Å². The number of hydrogen-bond acceptors (Lipinski definition) is 1. The molecule has 0 amide bonds. The fourth-order valence-corrected chi connectivity index (χ4v) is 1.14. The highest BCUT2D eigenvalue weighted by molar-refractivity contribution is 5.80. The quantitative estimate of drug-likeness (QED) is 0.636. The van der Waals surface area contributed by atoms with E-state index in [1.807, 2.05) is 27.7 Å². The van der Waals surface area contributed by atoms with Crippen LogP contribution >= 0.6 is 0 Å². The van der Waals surface area contributed by atoms with Gasteiger partial charge in [0.05, 0.1) is 0 Å². The molecular weight excluding hydrogens is 140 g/mol. The SMILES string of the molecule is CC(C)C(=CC(=O)O)C(C)C. The molecule has 0 bridgehead atoms. The van der Waals surface area contributed by atoms with Gasteiger partial charge in [-0.15, -0.1) is 0 Å². The maximum absolute atomic E-state index is 10.3. The molecule has 0 aromatic heterocycles. The van der Waals surface area contributed by atoms with Gasteiger partial charge in [-0.05, 0) is 11.8 Å². The van der Waals surface area contributed by atoms with Crippen LogP contribution in [0, 0.1) is 11.8 Å². The van der Waals surface area contributed by atoms with E-state index in [2.05, 4.69) is 0 Å². The average molecular weight is 156 g/mol. The zero-order valence-electron chi connectivity index (χ0n) is 7.59. The second-order valence-corrected chi connectivity index (χ2v) is 3.29. The third-order valence-corrected chi connectivity index (χ3v) is 1.62. The lowest BCUT2D eigenvalue weighted by Gasteiger charge is -2.13. The van der Waals surface area contributed by atoms with Gasteiger partial charge in [0.15, 0.2) is 0 Å². The molecule has 11 heavy (non-hydrogen) atoms. The van der Waals surface area contributed by atoms with E-state index in [4.69, 9.17) is 5.11 Å². The van der Waals surface area contributed by atoms with Gasteiger partial charge in [0.2, 0.25) is 0 Å². The Morgan fingerprint density at radius 2 is 1.55 bits per heavy atom. The fourth-order valence-electron chi connectivity index (χ4n) is 1.14. The van der Waals surface area contributed by atoms with E-state index in [-0.39, 0.29) is 0 Å². The molecule has 0 radical (unpaired) electrons. The van der Waals surface area contributed by atoms with Crippen molar-refractivity contribution >= 4 is 5.97 Å². The van der Waals surface area contributed by atoms with Crippen molar-refractivity contribution in [3.63, 3.8) is 0 Å². The van der Waals surface area contributed by atoms with Gasteiger partial charge in [-0.3, -0.25) is 0 Å². The predicted octanol–water partition coefficient (Wildman–Crippen LogP) is 2.31. The Kier molecular flexibility index (Phi) is 3.86. The Bertz CT molecular complexity index is 156. The van der Waals surface area contributed by atoms with Crippen LogP contribution in [0.15, 0.2) is 11.6 Å². The Morgan fingerprint density at radius 1 is 1.18 bits per heavy atom. The molecule has 64 valence electrons. The van der Waals surface area contributed by atoms with Gasteiger partial charge < -0.3 is 5.11 Å². The molecule has 0 unspecified atom stereocenters. The van der Waals surface area contributed by atoms with E-state index in [0.717, 1.165) is 5.57 Å². The highest BCUT2D eigenvalue weighted by Gasteiger charge is 2.08. The number of rotatable bonds is 3. The summed E-state index contributed by atoms with van der Waals surface area (Å²) < 4.78 is 0. The molecule has 0 saturated carbocycles. The molecule has 0 aliphatic heterocycles. The molecule has 0 aliphatic carbocycles. The third kappa shape index (κ3) is 3.81. The first-order valence-corrected chi connectivity index (χ1v) is 3.89. The molecule has 2 nitrogen and oxygen atoms in total. The van der Waals surface area contributed by atoms with Crippen LogP contribution in [0.2, 0.25) is 0 Å². The summed E-state index contributed by atoms with van der Waals surface area (Å²) in [5, 5.41) is 8.51. The lowest BCUT2D eigenvalue weighted by atomic mass is 9.92. The monoisotopic (exact) mass is 156 g/mol. The molecule has 0 fully saturated rings. The highest BCUT2D eigenvalue weighted by atomic mass is 16.4. The average Bonchev–Trinajstić information content (AvgIpc) is 1.81. The molecule has 1 N–H and O–H groups in total. The second-order valence-electron chi connectivity index (χ2n) is 3.29. The van der Waals surface area contributed by atoms with Crippen molar-refractivity contribution < 1.29 is 9.90 Å². The van der Waals surface area contributed by atoms with Crippen LogP contribution in [0.4, 0.5) is 0 Å². The summed E-state index contributed by atoms with van der Waals surface area (Å²) >= 11 is 0. The van der Waals surface area contributed by atoms with E-state index in [0.29, 0.717) is 11.8 Å². The largest absolute Gasteiger partial charge is 0.478 e. The van der Waals surface area contributed by atoms with Gasteiger partial charge >= 0.3 is 5.97 Å². The zero-order valence-corrected chi connectivity index (χ0v) is 7.59. The predicted molar refractivity (Wildman–Crippen MR) is 45.4 cm³/mol. The number of aliphatic carboxylic acids is 1. The Labute approximate surface area is 67.9 Å².